The van der Waals surface area contributed by atoms with Crippen molar-refractivity contribution in [3.05, 3.63) is 17.0 Å². The van der Waals surface area contributed by atoms with Gasteiger partial charge < -0.3 is 10.1 Å². The summed E-state index contributed by atoms with van der Waals surface area (Å²) in [7, 11) is 0. The van der Waals surface area contributed by atoms with E-state index < -0.39 is 0 Å². The van der Waals surface area contributed by atoms with Gasteiger partial charge in [0, 0.05) is 30.8 Å². The summed E-state index contributed by atoms with van der Waals surface area (Å²) in [6.45, 7) is 5.82. The van der Waals surface area contributed by atoms with Gasteiger partial charge in [-0.25, -0.2) is 0 Å². The normalized spacial score (nSPS) is 21.8. The minimum atomic E-state index is 0.496. The van der Waals surface area contributed by atoms with Gasteiger partial charge >= 0.3 is 0 Å². The lowest BCUT2D eigenvalue weighted by Gasteiger charge is -2.28. The van der Waals surface area contributed by atoms with Crippen LogP contribution in [-0.4, -0.2) is 29.5 Å². The molecule has 1 saturated heterocycles. The smallest absolute Gasteiger partial charge is 0.0988 e. The van der Waals surface area contributed by atoms with Crippen LogP contribution >= 0.6 is 0 Å². The molecule has 14 heavy (non-hydrogen) atoms. The average Bonchev–Trinajstić information content (AvgIpc) is 2.43. The SMILES string of the molecule is Cc1nn(C2COC2)c2c1CNCC2. The maximum atomic E-state index is 5.21. The molecule has 76 valence electrons. The summed E-state index contributed by atoms with van der Waals surface area (Å²) in [4.78, 5) is 0. The zero-order chi connectivity index (χ0) is 9.54. The second kappa shape index (κ2) is 3.07. The molecular weight excluding hydrogens is 178 g/mol. The number of hydrogen-bond acceptors (Lipinski definition) is 3. The van der Waals surface area contributed by atoms with Gasteiger partial charge in [-0.2, -0.15) is 5.10 Å². The first-order valence-corrected chi connectivity index (χ1v) is 5.21. The van der Waals surface area contributed by atoms with Crippen molar-refractivity contribution >= 4 is 0 Å². The molecule has 0 amide bonds. The maximum Gasteiger partial charge on any atom is 0.0988 e. The van der Waals surface area contributed by atoms with Crippen LogP contribution in [0.25, 0.3) is 0 Å². The van der Waals surface area contributed by atoms with Crippen LogP contribution in [0.5, 0.6) is 0 Å². The monoisotopic (exact) mass is 193 g/mol. The molecule has 1 aromatic rings. The number of fused-ring (bicyclic) bond motifs is 1. The summed E-state index contributed by atoms with van der Waals surface area (Å²) in [5.41, 5.74) is 4.01. The third-order valence-corrected chi connectivity index (χ3v) is 3.13. The molecule has 4 heteroatoms. The standard InChI is InChI=1S/C10H15N3O/c1-7-9-4-11-3-2-10(9)13(12-7)8-5-14-6-8/h8,11H,2-6H2,1H3. The van der Waals surface area contributed by atoms with E-state index in [0.29, 0.717) is 6.04 Å². The summed E-state index contributed by atoms with van der Waals surface area (Å²) in [5.74, 6) is 0. The fourth-order valence-electron chi connectivity index (χ4n) is 2.21. The van der Waals surface area contributed by atoms with Crippen LogP contribution in [0.2, 0.25) is 0 Å². The predicted molar refractivity (Wildman–Crippen MR) is 52.2 cm³/mol. The third-order valence-electron chi connectivity index (χ3n) is 3.13. The van der Waals surface area contributed by atoms with E-state index in [1.807, 2.05) is 0 Å². The van der Waals surface area contributed by atoms with Crippen LogP contribution in [-0.2, 0) is 17.7 Å². The predicted octanol–water partition coefficient (Wildman–Crippen LogP) is 0.409. The molecule has 1 fully saturated rings. The molecule has 1 aromatic heterocycles. The summed E-state index contributed by atoms with van der Waals surface area (Å²) < 4.78 is 7.40. The van der Waals surface area contributed by atoms with Gasteiger partial charge in [0.05, 0.1) is 24.9 Å². The van der Waals surface area contributed by atoms with Crippen LogP contribution in [0, 0.1) is 6.92 Å². The summed E-state index contributed by atoms with van der Waals surface area (Å²) in [5, 5.41) is 8.00. The Morgan fingerprint density at radius 1 is 1.50 bits per heavy atom. The Balaban J connectivity index is 2.02. The Kier molecular flexibility index (Phi) is 1.85. The molecule has 0 aromatic carbocycles. The molecule has 1 N–H and O–H groups in total. The van der Waals surface area contributed by atoms with Crippen molar-refractivity contribution in [1.82, 2.24) is 15.1 Å². The molecule has 0 aliphatic carbocycles. The average molecular weight is 193 g/mol. The maximum absolute atomic E-state index is 5.21. The van der Waals surface area contributed by atoms with Gasteiger partial charge in [0.15, 0.2) is 0 Å². The van der Waals surface area contributed by atoms with Crippen LogP contribution in [0.15, 0.2) is 0 Å². The van der Waals surface area contributed by atoms with Crippen molar-refractivity contribution in [2.45, 2.75) is 25.9 Å². The first kappa shape index (κ1) is 8.44. The zero-order valence-electron chi connectivity index (χ0n) is 8.42. The molecule has 0 radical (unpaired) electrons. The van der Waals surface area contributed by atoms with E-state index in [0.717, 1.165) is 32.7 Å². The number of rotatable bonds is 1. The highest BCUT2D eigenvalue weighted by atomic mass is 16.5. The highest BCUT2D eigenvalue weighted by Crippen LogP contribution is 2.24. The van der Waals surface area contributed by atoms with Crippen LogP contribution in [0.4, 0.5) is 0 Å². The van der Waals surface area contributed by atoms with Crippen molar-refractivity contribution < 1.29 is 4.74 Å². The fraction of sp³-hybridized carbons (Fsp3) is 0.700. The number of hydrogen-bond donors (Lipinski definition) is 1. The number of aromatic nitrogens is 2. The minimum absolute atomic E-state index is 0.496. The lowest BCUT2D eigenvalue weighted by molar-refractivity contribution is -0.0300. The number of ether oxygens (including phenoxy) is 1. The lowest BCUT2D eigenvalue weighted by Crippen LogP contribution is -2.34. The van der Waals surface area contributed by atoms with Crippen molar-refractivity contribution in [3.63, 3.8) is 0 Å². The summed E-state index contributed by atoms with van der Waals surface area (Å²) >= 11 is 0. The Hall–Kier alpha value is -0.870. The molecule has 0 atom stereocenters. The van der Waals surface area contributed by atoms with Crippen molar-refractivity contribution in [2.24, 2.45) is 0 Å². The van der Waals surface area contributed by atoms with Crippen LogP contribution < -0.4 is 5.32 Å². The van der Waals surface area contributed by atoms with Gasteiger partial charge in [-0.05, 0) is 6.92 Å². The second-order valence-corrected chi connectivity index (χ2v) is 4.07. The third kappa shape index (κ3) is 1.11. The molecule has 3 heterocycles. The Labute approximate surface area is 83.2 Å². The quantitative estimate of drug-likeness (QED) is 0.702. The van der Waals surface area contributed by atoms with Gasteiger partial charge in [0.2, 0.25) is 0 Å². The topological polar surface area (TPSA) is 39.1 Å². The van der Waals surface area contributed by atoms with E-state index >= 15 is 0 Å². The van der Waals surface area contributed by atoms with Gasteiger partial charge in [-0.1, -0.05) is 0 Å². The molecule has 4 nitrogen and oxygen atoms in total. The van der Waals surface area contributed by atoms with E-state index in [1.165, 1.54) is 17.0 Å². The van der Waals surface area contributed by atoms with E-state index in [1.54, 1.807) is 0 Å². The Bertz CT molecular complexity index is 354. The van der Waals surface area contributed by atoms with E-state index in [4.69, 9.17) is 4.74 Å². The first-order chi connectivity index (χ1) is 6.86. The number of aryl methyl sites for hydroxylation is 1. The summed E-state index contributed by atoms with van der Waals surface area (Å²) in [6.07, 6.45) is 1.10. The highest BCUT2D eigenvalue weighted by molar-refractivity contribution is 5.28. The molecular formula is C10H15N3O. The highest BCUT2D eigenvalue weighted by Gasteiger charge is 2.27. The summed E-state index contributed by atoms with van der Waals surface area (Å²) in [6, 6.07) is 0.496. The van der Waals surface area contributed by atoms with Crippen molar-refractivity contribution in [1.29, 1.82) is 0 Å². The molecule has 0 bridgehead atoms. The molecule has 0 saturated carbocycles. The molecule has 2 aliphatic heterocycles. The molecule has 2 aliphatic rings. The van der Waals surface area contributed by atoms with Gasteiger partial charge in [0.25, 0.3) is 0 Å². The lowest BCUT2D eigenvalue weighted by atomic mass is 10.1. The first-order valence-electron chi connectivity index (χ1n) is 5.21. The van der Waals surface area contributed by atoms with Crippen molar-refractivity contribution in [2.75, 3.05) is 19.8 Å². The molecule has 0 unspecified atom stereocenters. The van der Waals surface area contributed by atoms with Gasteiger partial charge in [-0.3, -0.25) is 4.68 Å². The molecule has 0 spiro atoms. The van der Waals surface area contributed by atoms with E-state index in [9.17, 15) is 0 Å². The van der Waals surface area contributed by atoms with Crippen molar-refractivity contribution in [3.8, 4) is 0 Å². The Morgan fingerprint density at radius 3 is 3.07 bits per heavy atom. The largest absolute Gasteiger partial charge is 0.377 e. The molecule has 3 rings (SSSR count). The van der Waals surface area contributed by atoms with E-state index in [2.05, 4.69) is 22.0 Å². The number of nitrogens with zero attached hydrogens (tertiary/aromatic N) is 2. The fourth-order valence-corrected chi connectivity index (χ4v) is 2.21. The zero-order valence-corrected chi connectivity index (χ0v) is 8.42. The van der Waals surface area contributed by atoms with Gasteiger partial charge in [-0.15, -0.1) is 0 Å². The minimum Gasteiger partial charge on any atom is -0.377 e. The Morgan fingerprint density at radius 2 is 2.36 bits per heavy atom. The van der Waals surface area contributed by atoms with Gasteiger partial charge in [0.1, 0.15) is 0 Å². The van der Waals surface area contributed by atoms with Crippen LogP contribution in [0.1, 0.15) is 23.0 Å². The number of nitrogens with one attached hydrogen (secondary N) is 1. The van der Waals surface area contributed by atoms with Crippen LogP contribution in [0.3, 0.4) is 0 Å². The van der Waals surface area contributed by atoms with E-state index in [-0.39, 0.29) is 0 Å². The second-order valence-electron chi connectivity index (χ2n) is 4.07.